The summed E-state index contributed by atoms with van der Waals surface area (Å²) < 4.78 is 0. The van der Waals surface area contributed by atoms with Crippen LogP contribution in [0.4, 0.5) is 5.69 Å². The van der Waals surface area contributed by atoms with E-state index in [1.54, 1.807) is 0 Å². The molecule has 0 aromatic heterocycles. The topological polar surface area (TPSA) is 26.0 Å². The van der Waals surface area contributed by atoms with Crippen LogP contribution in [0.25, 0.3) is 32.3 Å². The second-order valence-corrected chi connectivity index (χ2v) is 6.66. The van der Waals surface area contributed by atoms with Crippen LogP contribution in [0.3, 0.4) is 0 Å². The Labute approximate surface area is 137 Å². The van der Waals surface area contributed by atoms with E-state index in [4.69, 9.17) is 5.73 Å². The molecule has 0 atom stereocenters. The minimum Gasteiger partial charge on any atom is -0.399 e. The molecule has 0 aliphatic carbocycles. The zero-order chi connectivity index (χ0) is 15.8. The Kier molecular flexibility index (Phi) is 3.57. The lowest BCUT2D eigenvalue weighted by atomic mass is 9.89. The molecule has 0 radical (unpaired) electrons. The zero-order valence-electron chi connectivity index (χ0n) is 13.7. The van der Waals surface area contributed by atoms with E-state index in [0.29, 0.717) is 0 Å². The Morgan fingerprint density at radius 1 is 0.783 bits per heavy atom. The van der Waals surface area contributed by atoms with E-state index in [1.165, 1.54) is 63.6 Å². The summed E-state index contributed by atoms with van der Waals surface area (Å²) in [6, 6.07) is 17.7. The predicted octanol–water partition coefficient (Wildman–Crippen LogP) is 6.29. The van der Waals surface area contributed by atoms with Gasteiger partial charge < -0.3 is 5.73 Å². The summed E-state index contributed by atoms with van der Waals surface area (Å²) in [5.74, 6) is 0. The van der Waals surface area contributed by atoms with Crippen molar-refractivity contribution in [3.05, 3.63) is 54.1 Å². The molecule has 0 saturated carbocycles. The van der Waals surface area contributed by atoms with Crippen molar-refractivity contribution < 1.29 is 0 Å². The highest BCUT2D eigenvalue weighted by molar-refractivity contribution is 6.24. The van der Waals surface area contributed by atoms with Crippen LogP contribution in [-0.2, 0) is 6.42 Å². The Bertz CT molecular complexity index is 968. The Morgan fingerprint density at radius 3 is 2.48 bits per heavy atom. The van der Waals surface area contributed by atoms with Crippen LogP contribution in [0.15, 0.2) is 48.5 Å². The average Bonchev–Trinajstić information content (AvgIpc) is 2.56. The van der Waals surface area contributed by atoms with Crippen LogP contribution in [0.5, 0.6) is 0 Å². The van der Waals surface area contributed by atoms with Crippen LogP contribution in [0.1, 0.15) is 38.2 Å². The number of rotatable bonds is 5. The molecule has 0 bridgehead atoms. The van der Waals surface area contributed by atoms with Gasteiger partial charge in [0, 0.05) is 5.69 Å². The maximum Gasteiger partial charge on any atom is 0.0326 e. The summed E-state index contributed by atoms with van der Waals surface area (Å²) >= 11 is 0. The number of nitrogens with two attached hydrogens (primary N) is 1. The first kappa shape index (κ1) is 14.3. The van der Waals surface area contributed by atoms with Gasteiger partial charge in [-0.2, -0.15) is 0 Å². The Morgan fingerprint density at radius 2 is 1.61 bits per heavy atom. The number of benzene rings is 4. The fourth-order valence-electron chi connectivity index (χ4n) is 3.90. The molecule has 116 valence electrons. The van der Waals surface area contributed by atoms with Crippen molar-refractivity contribution in [3.8, 4) is 0 Å². The molecule has 0 aliphatic heterocycles. The summed E-state index contributed by atoms with van der Waals surface area (Å²) in [5.41, 5.74) is 8.45. The number of hydrogen-bond donors (Lipinski definition) is 1. The molecule has 0 spiro atoms. The molecule has 4 aromatic rings. The monoisotopic (exact) mass is 301 g/mol. The SMILES string of the molecule is CCCCCCc1cc2cc(N)cc3ccc4cccc1c4c32. The van der Waals surface area contributed by atoms with E-state index in [2.05, 4.69) is 55.5 Å². The van der Waals surface area contributed by atoms with Crippen LogP contribution in [0, 0.1) is 0 Å². The largest absolute Gasteiger partial charge is 0.399 e. The molecule has 23 heavy (non-hydrogen) atoms. The maximum absolute atomic E-state index is 6.12. The third kappa shape index (κ3) is 2.41. The number of aryl methyl sites for hydroxylation is 1. The van der Waals surface area contributed by atoms with Crippen molar-refractivity contribution >= 4 is 38.0 Å². The highest BCUT2D eigenvalue weighted by Gasteiger charge is 2.12. The number of anilines is 1. The summed E-state index contributed by atoms with van der Waals surface area (Å²) in [5, 5.41) is 8.07. The third-order valence-corrected chi connectivity index (χ3v) is 4.99. The molecule has 1 nitrogen and oxygen atoms in total. The molecular formula is C22H23N. The summed E-state index contributed by atoms with van der Waals surface area (Å²) in [7, 11) is 0. The molecular weight excluding hydrogens is 278 g/mol. The Hall–Kier alpha value is -2.28. The molecule has 0 amide bonds. The van der Waals surface area contributed by atoms with Crippen LogP contribution in [-0.4, -0.2) is 0 Å². The second-order valence-electron chi connectivity index (χ2n) is 6.66. The minimum absolute atomic E-state index is 0.854. The lowest BCUT2D eigenvalue weighted by Gasteiger charge is -2.15. The average molecular weight is 301 g/mol. The molecule has 2 N–H and O–H groups in total. The van der Waals surface area contributed by atoms with Crippen LogP contribution >= 0.6 is 0 Å². The van der Waals surface area contributed by atoms with Gasteiger partial charge in [0.15, 0.2) is 0 Å². The van der Waals surface area contributed by atoms with Crippen molar-refractivity contribution in [1.82, 2.24) is 0 Å². The van der Waals surface area contributed by atoms with Gasteiger partial charge in [-0.1, -0.05) is 62.6 Å². The number of unbranched alkanes of at least 4 members (excludes halogenated alkanes) is 3. The molecule has 0 unspecified atom stereocenters. The quantitative estimate of drug-likeness (QED) is 0.262. The van der Waals surface area contributed by atoms with Gasteiger partial charge in [0.05, 0.1) is 0 Å². The second kappa shape index (κ2) is 5.73. The van der Waals surface area contributed by atoms with Gasteiger partial charge in [0.25, 0.3) is 0 Å². The van der Waals surface area contributed by atoms with E-state index < -0.39 is 0 Å². The van der Waals surface area contributed by atoms with E-state index in [9.17, 15) is 0 Å². The van der Waals surface area contributed by atoms with E-state index in [1.807, 2.05) is 0 Å². The van der Waals surface area contributed by atoms with Gasteiger partial charge in [-0.3, -0.25) is 0 Å². The summed E-state index contributed by atoms with van der Waals surface area (Å²) in [6.07, 6.45) is 6.36. The van der Waals surface area contributed by atoms with Crippen molar-refractivity contribution in [2.45, 2.75) is 39.0 Å². The van der Waals surface area contributed by atoms with Gasteiger partial charge in [0.1, 0.15) is 0 Å². The van der Waals surface area contributed by atoms with Crippen molar-refractivity contribution in [2.75, 3.05) is 5.73 Å². The smallest absolute Gasteiger partial charge is 0.0326 e. The van der Waals surface area contributed by atoms with Gasteiger partial charge in [-0.05, 0) is 62.9 Å². The molecule has 1 heteroatoms. The van der Waals surface area contributed by atoms with Gasteiger partial charge in [0.2, 0.25) is 0 Å². The lowest BCUT2D eigenvalue weighted by Crippen LogP contribution is -1.93. The molecule has 0 heterocycles. The van der Waals surface area contributed by atoms with Crippen molar-refractivity contribution in [1.29, 1.82) is 0 Å². The van der Waals surface area contributed by atoms with Gasteiger partial charge in [-0.25, -0.2) is 0 Å². The van der Waals surface area contributed by atoms with Crippen LogP contribution < -0.4 is 5.73 Å². The predicted molar refractivity (Wildman–Crippen MR) is 102 cm³/mol. The first-order valence-corrected chi connectivity index (χ1v) is 8.74. The zero-order valence-corrected chi connectivity index (χ0v) is 13.7. The maximum atomic E-state index is 6.12. The number of nitrogen functional groups attached to an aromatic ring is 1. The van der Waals surface area contributed by atoms with Crippen LogP contribution in [0.2, 0.25) is 0 Å². The lowest BCUT2D eigenvalue weighted by molar-refractivity contribution is 0.668. The van der Waals surface area contributed by atoms with Crippen molar-refractivity contribution in [3.63, 3.8) is 0 Å². The molecule has 0 fully saturated rings. The highest BCUT2D eigenvalue weighted by Crippen LogP contribution is 2.38. The first-order valence-electron chi connectivity index (χ1n) is 8.74. The first-order chi connectivity index (χ1) is 11.3. The fraction of sp³-hybridized carbons (Fsp3) is 0.273. The standard InChI is InChI=1S/C22H23N/c1-2-3-4-5-7-16-12-18-14-19(23)13-17-11-10-15-8-6-9-20(16)22(15)21(17)18/h6,8-14H,2-5,7,23H2,1H3. The third-order valence-electron chi connectivity index (χ3n) is 4.99. The number of hydrogen-bond acceptors (Lipinski definition) is 1. The van der Waals surface area contributed by atoms with E-state index >= 15 is 0 Å². The normalized spacial score (nSPS) is 11.9. The van der Waals surface area contributed by atoms with Gasteiger partial charge >= 0.3 is 0 Å². The molecule has 0 aliphatic rings. The fourth-order valence-corrected chi connectivity index (χ4v) is 3.90. The molecule has 4 aromatic carbocycles. The molecule has 4 rings (SSSR count). The minimum atomic E-state index is 0.854. The van der Waals surface area contributed by atoms with E-state index in [-0.39, 0.29) is 0 Å². The van der Waals surface area contributed by atoms with Crippen molar-refractivity contribution in [2.24, 2.45) is 0 Å². The summed E-state index contributed by atoms with van der Waals surface area (Å²) in [4.78, 5) is 0. The van der Waals surface area contributed by atoms with Gasteiger partial charge in [-0.15, -0.1) is 0 Å². The summed E-state index contributed by atoms with van der Waals surface area (Å²) in [6.45, 7) is 2.26. The van der Waals surface area contributed by atoms with E-state index in [0.717, 1.165) is 12.1 Å². The molecule has 0 saturated heterocycles. The Balaban J connectivity index is 1.95. The highest BCUT2D eigenvalue weighted by atomic mass is 14.5.